The number of hydrogen-bond donors (Lipinski definition) is 4. The Bertz CT molecular complexity index is 785. The molecule has 2 rings (SSSR count). The van der Waals surface area contributed by atoms with Gasteiger partial charge in [0, 0.05) is 25.2 Å². The van der Waals surface area contributed by atoms with Gasteiger partial charge in [-0.2, -0.15) is 10.2 Å². The molecule has 0 fully saturated rings. The number of nitrogens with one attached hydrogen (secondary N) is 4. The minimum absolute atomic E-state index is 0.386. The van der Waals surface area contributed by atoms with E-state index in [1.165, 1.54) is 6.21 Å². The lowest BCUT2D eigenvalue weighted by molar-refractivity contribution is 0.582. The van der Waals surface area contributed by atoms with Crippen molar-refractivity contribution in [3.63, 3.8) is 0 Å². The number of hydrogen-bond acceptors (Lipinski definition) is 5. The van der Waals surface area contributed by atoms with Crippen LogP contribution in [-0.2, 0) is 0 Å². The van der Waals surface area contributed by atoms with E-state index in [2.05, 4.69) is 31.7 Å². The molecule has 0 aliphatic carbocycles. The number of hydrazone groups is 2. The molecular formula is C16H18N6OS2. The minimum atomic E-state index is 0.386. The van der Waals surface area contributed by atoms with E-state index in [1.807, 2.05) is 36.4 Å². The van der Waals surface area contributed by atoms with Crippen molar-refractivity contribution in [2.24, 2.45) is 10.2 Å². The third kappa shape index (κ3) is 5.66. The minimum Gasteiger partial charge on any atom is -0.464 e. The molecule has 0 saturated heterocycles. The molecule has 0 amide bonds. The lowest BCUT2D eigenvalue weighted by Crippen LogP contribution is -2.30. The first kappa shape index (κ1) is 18.6. The maximum atomic E-state index is 5.64. The van der Waals surface area contributed by atoms with Crippen LogP contribution in [0.25, 0.3) is 11.3 Å². The van der Waals surface area contributed by atoms with Gasteiger partial charge in [0.25, 0.3) is 0 Å². The van der Waals surface area contributed by atoms with Gasteiger partial charge in [0.15, 0.2) is 10.2 Å². The van der Waals surface area contributed by atoms with Crippen molar-refractivity contribution in [1.29, 1.82) is 0 Å². The zero-order valence-electron chi connectivity index (χ0n) is 13.7. The standard InChI is InChI=1S/C16H18N6OS2/c1-17-15(24)21-19-9-13(20-22-16(25)18-2)12-8-14(23-10-12)11-6-4-3-5-7-11/h3-10H,1-2H3,(H2,17,21,24)(H2,18,22,25)/b19-9+,20-13-. The molecule has 0 atom stereocenters. The van der Waals surface area contributed by atoms with Crippen LogP contribution in [0.3, 0.4) is 0 Å². The van der Waals surface area contributed by atoms with Gasteiger partial charge >= 0.3 is 0 Å². The van der Waals surface area contributed by atoms with E-state index in [0.29, 0.717) is 15.9 Å². The highest BCUT2D eigenvalue weighted by atomic mass is 32.1. The molecule has 1 heterocycles. The summed E-state index contributed by atoms with van der Waals surface area (Å²) >= 11 is 10.0. The molecule has 0 aliphatic rings. The van der Waals surface area contributed by atoms with Crippen molar-refractivity contribution >= 4 is 46.6 Å². The Hall–Kier alpha value is -2.78. The summed E-state index contributed by atoms with van der Waals surface area (Å²) in [7, 11) is 3.41. The summed E-state index contributed by atoms with van der Waals surface area (Å²) in [4.78, 5) is 0. The van der Waals surface area contributed by atoms with Crippen LogP contribution >= 0.6 is 24.4 Å². The molecule has 0 bridgehead atoms. The highest BCUT2D eigenvalue weighted by Crippen LogP contribution is 2.21. The maximum absolute atomic E-state index is 5.64. The molecule has 1 aromatic carbocycles. The van der Waals surface area contributed by atoms with Crippen molar-refractivity contribution < 1.29 is 4.42 Å². The Labute approximate surface area is 156 Å². The number of thiocarbonyl (C=S) groups is 2. The van der Waals surface area contributed by atoms with Crippen LogP contribution in [0.4, 0.5) is 0 Å². The normalized spacial score (nSPS) is 11.2. The molecule has 9 heteroatoms. The van der Waals surface area contributed by atoms with Crippen LogP contribution in [0.5, 0.6) is 0 Å². The smallest absolute Gasteiger partial charge is 0.186 e. The van der Waals surface area contributed by atoms with Gasteiger partial charge in [-0.15, -0.1) is 0 Å². The molecule has 0 aliphatic heterocycles. The summed E-state index contributed by atoms with van der Waals surface area (Å²) in [5.74, 6) is 0.728. The molecular weight excluding hydrogens is 356 g/mol. The second-order valence-corrected chi connectivity index (χ2v) is 5.52. The second-order valence-electron chi connectivity index (χ2n) is 4.70. The van der Waals surface area contributed by atoms with Crippen molar-refractivity contribution in [1.82, 2.24) is 21.5 Å². The Morgan fingerprint density at radius 1 is 1.04 bits per heavy atom. The zero-order valence-corrected chi connectivity index (χ0v) is 15.4. The lowest BCUT2D eigenvalue weighted by atomic mass is 10.1. The van der Waals surface area contributed by atoms with Gasteiger partial charge in [-0.3, -0.25) is 10.9 Å². The third-order valence-electron chi connectivity index (χ3n) is 3.04. The van der Waals surface area contributed by atoms with Crippen molar-refractivity contribution in [3.05, 3.63) is 48.2 Å². The Balaban J connectivity index is 2.24. The van der Waals surface area contributed by atoms with E-state index in [9.17, 15) is 0 Å². The molecule has 25 heavy (non-hydrogen) atoms. The maximum Gasteiger partial charge on any atom is 0.186 e. The van der Waals surface area contributed by atoms with Crippen LogP contribution in [0.1, 0.15) is 5.56 Å². The van der Waals surface area contributed by atoms with Crippen molar-refractivity contribution in [2.45, 2.75) is 0 Å². The van der Waals surface area contributed by atoms with Gasteiger partial charge in [0.05, 0.1) is 6.21 Å². The van der Waals surface area contributed by atoms with Crippen LogP contribution < -0.4 is 21.5 Å². The summed E-state index contributed by atoms with van der Waals surface area (Å²) in [6.07, 6.45) is 3.13. The number of rotatable bonds is 5. The number of nitrogens with zero attached hydrogens (tertiary/aromatic N) is 2. The monoisotopic (exact) mass is 374 g/mol. The van der Waals surface area contributed by atoms with Gasteiger partial charge in [-0.05, 0) is 30.5 Å². The average Bonchev–Trinajstić information content (AvgIpc) is 3.14. The Morgan fingerprint density at radius 3 is 2.40 bits per heavy atom. The van der Waals surface area contributed by atoms with Crippen molar-refractivity contribution in [2.75, 3.05) is 14.1 Å². The Morgan fingerprint density at radius 2 is 1.72 bits per heavy atom. The highest BCUT2D eigenvalue weighted by Gasteiger charge is 2.09. The molecule has 4 N–H and O–H groups in total. The van der Waals surface area contributed by atoms with E-state index in [0.717, 1.165) is 16.9 Å². The van der Waals surface area contributed by atoms with Gasteiger partial charge < -0.3 is 15.1 Å². The zero-order chi connectivity index (χ0) is 18.1. The first-order valence-corrected chi connectivity index (χ1v) is 8.16. The van der Waals surface area contributed by atoms with Crippen molar-refractivity contribution in [3.8, 4) is 11.3 Å². The predicted octanol–water partition coefficient (Wildman–Crippen LogP) is 1.82. The van der Waals surface area contributed by atoms with Gasteiger partial charge in [-0.25, -0.2) is 0 Å². The topological polar surface area (TPSA) is 86.0 Å². The molecule has 0 spiro atoms. The fraction of sp³-hybridized carbons (Fsp3) is 0.125. The largest absolute Gasteiger partial charge is 0.464 e. The lowest BCUT2D eigenvalue weighted by Gasteiger charge is -2.03. The van der Waals surface area contributed by atoms with Crippen LogP contribution in [0, 0.1) is 0 Å². The highest BCUT2D eigenvalue weighted by molar-refractivity contribution is 7.80. The van der Waals surface area contributed by atoms with E-state index in [-0.39, 0.29) is 0 Å². The summed E-state index contributed by atoms with van der Waals surface area (Å²) < 4.78 is 5.64. The fourth-order valence-electron chi connectivity index (χ4n) is 1.77. The molecule has 130 valence electrons. The van der Waals surface area contributed by atoms with Gasteiger partial charge in [0.1, 0.15) is 17.7 Å². The molecule has 0 unspecified atom stereocenters. The molecule has 7 nitrogen and oxygen atoms in total. The van der Waals surface area contributed by atoms with Crippen LogP contribution in [0.2, 0.25) is 0 Å². The predicted molar refractivity (Wildman–Crippen MR) is 109 cm³/mol. The Kier molecular flexibility index (Phi) is 7.05. The van der Waals surface area contributed by atoms with Crippen LogP contribution in [0.15, 0.2) is 57.3 Å². The SMILES string of the molecule is CNC(=S)N/N=C/C(=N/NC(=S)NC)c1coc(-c2ccccc2)c1. The molecule has 0 radical (unpaired) electrons. The second kappa shape index (κ2) is 9.50. The summed E-state index contributed by atoms with van der Waals surface area (Å²) in [6, 6.07) is 11.7. The quantitative estimate of drug-likeness (QED) is 0.361. The summed E-state index contributed by atoms with van der Waals surface area (Å²) in [5.41, 5.74) is 7.64. The number of benzene rings is 1. The van der Waals surface area contributed by atoms with E-state index >= 15 is 0 Å². The molecule has 2 aromatic rings. The first-order chi connectivity index (χ1) is 12.1. The third-order valence-corrected chi connectivity index (χ3v) is 3.63. The summed E-state index contributed by atoms with van der Waals surface area (Å²) in [6.45, 7) is 0. The summed E-state index contributed by atoms with van der Waals surface area (Å²) in [5, 5.41) is 14.6. The first-order valence-electron chi connectivity index (χ1n) is 7.34. The van der Waals surface area contributed by atoms with Gasteiger partial charge in [-0.1, -0.05) is 30.3 Å². The van der Waals surface area contributed by atoms with Gasteiger partial charge in [0.2, 0.25) is 0 Å². The van der Waals surface area contributed by atoms with Crippen LogP contribution in [-0.4, -0.2) is 36.2 Å². The molecule has 1 aromatic heterocycles. The van der Waals surface area contributed by atoms with E-state index < -0.39 is 0 Å². The molecule has 0 saturated carbocycles. The van der Waals surface area contributed by atoms with E-state index in [1.54, 1.807) is 20.4 Å². The fourth-order valence-corrected chi connectivity index (χ4v) is 1.87. The van der Waals surface area contributed by atoms with E-state index in [4.69, 9.17) is 28.9 Å². The number of furan rings is 1. The average molecular weight is 374 g/mol.